The normalized spacial score (nSPS) is 11.5. The highest BCUT2D eigenvalue weighted by atomic mass is 127. The van der Waals surface area contributed by atoms with Crippen LogP contribution in [0.5, 0.6) is 0 Å². The lowest BCUT2D eigenvalue weighted by Crippen LogP contribution is -2.41. The highest BCUT2D eigenvalue weighted by molar-refractivity contribution is 14.1. The van der Waals surface area contributed by atoms with Gasteiger partial charge in [0.15, 0.2) is 0 Å². The van der Waals surface area contributed by atoms with Gasteiger partial charge in [0.2, 0.25) is 0 Å². The van der Waals surface area contributed by atoms with Crippen LogP contribution < -0.4 is 11.1 Å². The molecule has 1 unspecified atom stereocenters. The molecule has 0 bridgehead atoms. The van der Waals surface area contributed by atoms with Gasteiger partial charge in [-0.15, -0.1) is 0 Å². The van der Waals surface area contributed by atoms with E-state index in [1.54, 1.807) is 29.2 Å². The smallest absolute Gasteiger partial charge is 0.257 e. The van der Waals surface area contributed by atoms with Gasteiger partial charge in [0.05, 0.1) is 5.56 Å². The molecule has 0 aliphatic heterocycles. The molecule has 0 saturated heterocycles. The Morgan fingerprint density at radius 3 is 2.17 bits per heavy atom. The molecule has 2 amide bonds. The van der Waals surface area contributed by atoms with Gasteiger partial charge in [0.1, 0.15) is 6.04 Å². The Bertz CT molecular complexity index is 1320. The van der Waals surface area contributed by atoms with Crippen molar-refractivity contribution in [2.45, 2.75) is 12.6 Å². The number of amides is 2. The van der Waals surface area contributed by atoms with E-state index in [9.17, 15) is 9.59 Å². The maximum atomic E-state index is 14.0. The van der Waals surface area contributed by atoms with Gasteiger partial charge in [-0.25, -0.2) is 0 Å². The molecule has 5 nitrogen and oxygen atoms in total. The van der Waals surface area contributed by atoms with Crippen LogP contribution in [0, 0.1) is 3.57 Å². The SMILES string of the molecule is Nc1ccc(I)cc1C(=O)N(Cc1ccc(Cl)cc1)C(C(=O)Nc1ccccc1)c1ccccc1. The monoisotopic (exact) mass is 595 g/mol. The number of carbonyl (C=O) groups excluding carboxylic acids is 2. The van der Waals surface area contributed by atoms with Crippen LogP contribution in [-0.2, 0) is 11.3 Å². The van der Waals surface area contributed by atoms with Gasteiger partial charge in [0, 0.05) is 26.5 Å². The average molecular weight is 596 g/mol. The van der Waals surface area contributed by atoms with Gasteiger partial charge in [-0.3, -0.25) is 9.59 Å². The Morgan fingerprint density at radius 1 is 0.886 bits per heavy atom. The van der Waals surface area contributed by atoms with Crippen molar-refractivity contribution >= 4 is 57.4 Å². The van der Waals surface area contributed by atoms with E-state index in [2.05, 4.69) is 27.9 Å². The van der Waals surface area contributed by atoms with Gasteiger partial charge in [-0.1, -0.05) is 72.3 Å². The highest BCUT2D eigenvalue weighted by Gasteiger charge is 2.33. The molecule has 0 aliphatic rings. The Kier molecular flexibility index (Phi) is 8.05. The second-order valence-corrected chi connectivity index (χ2v) is 9.64. The van der Waals surface area contributed by atoms with E-state index in [4.69, 9.17) is 17.3 Å². The summed E-state index contributed by atoms with van der Waals surface area (Å²) < 4.78 is 0.872. The molecule has 35 heavy (non-hydrogen) atoms. The lowest BCUT2D eigenvalue weighted by Gasteiger charge is -2.32. The first-order chi connectivity index (χ1) is 16.9. The molecule has 7 heteroatoms. The zero-order valence-corrected chi connectivity index (χ0v) is 21.6. The van der Waals surface area contributed by atoms with E-state index in [0.29, 0.717) is 27.5 Å². The summed E-state index contributed by atoms with van der Waals surface area (Å²) in [6.07, 6.45) is 0. The summed E-state index contributed by atoms with van der Waals surface area (Å²) in [6, 6.07) is 30.0. The topological polar surface area (TPSA) is 75.4 Å². The molecule has 3 N–H and O–H groups in total. The van der Waals surface area contributed by atoms with Gasteiger partial charge in [-0.05, 0) is 76.2 Å². The van der Waals surface area contributed by atoms with Gasteiger partial charge >= 0.3 is 0 Å². The number of nitrogens with one attached hydrogen (secondary N) is 1. The van der Waals surface area contributed by atoms with Crippen molar-refractivity contribution in [2.24, 2.45) is 0 Å². The van der Waals surface area contributed by atoms with Gasteiger partial charge in [-0.2, -0.15) is 0 Å². The third-order valence-electron chi connectivity index (χ3n) is 5.49. The second-order valence-electron chi connectivity index (χ2n) is 7.96. The third kappa shape index (κ3) is 6.21. The molecule has 0 fully saturated rings. The van der Waals surface area contributed by atoms with Crippen LogP contribution in [0.4, 0.5) is 11.4 Å². The predicted octanol–water partition coefficient (Wildman–Crippen LogP) is 6.55. The van der Waals surface area contributed by atoms with E-state index in [0.717, 1.165) is 9.13 Å². The van der Waals surface area contributed by atoms with Gasteiger partial charge < -0.3 is 16.0 Å². The van der Waals surface area contributed by atoms with Crippen LogP contribution in [-0.4, -0.2) is 16.7 Å². The molecular formula is C28H23ClIN3O2. The van der Waals surface area contributed by atoms with Crippen molar-refractivity contribution in [1.29, 1.82) is 0 Å². The van der Waals surface area contributed by atoms with Crippen LogP contribution >= 0.6 is 34.2 Å². The summed E-state index contributed by atoms with van der Waals surface area (Å²) in [5.74, 6) is -0.665. The summed E-state index contributed by atoms with van der Waals surface area (Å²) in [4.78, 5) is 29.3. The number of rotatable bonds is 7. The summed E-state index contributed by atoms with van der Waals surface area (Å²) in [5, 5.41) is 3.55. The lowest BCUT2D eigenvalue weighted by molar-refractivity contribution is -0.121. The number of nitrogen functional groups attached to an aromatic ring is 1. The molecule has 4 aromatic carbocycles. The number of anilines is 2. The summed E-state index contributed by atoms with van der Waals surface area (Å²) in [6.45, 7) is 0.183. The predicted molar refractivity (Wildman–Crippen MR) is 149 cm³/mol. The first-order valence-corrected chi connectivity index (χ1v) is 12.4. The number of hydrogen-bond acceptors (Lipinski definition) is 3. The Balaban J connectivity index is 1.81. The van der Waals surface area contributed by atoms with Crippen molar-refractivity contribution in [3.8, 4) is 0 Å². The number of para-hydroxylation sites is 1. The minimum Gasteiger partial charge on any atom is -0.398 e. The second kappa shape index (κ2) is 11.4. The highest BCUT2D eigenvalue weighted by Crippen LogP contribution is 2.29. The van der Waals surface area contributed by atoms with Crippen molar-refractivity contribution in [3.05, 3.63) is 128 Å². The van der Waals surface area contributed by atoms with Crippen molar-refractivity contribution < 1.29 is 9.59 Å². The zero-order chi connectivity index (χ0) is 24.8. The van der Waals surface area contributed by atoms with E-state index >= 15 is 0 Å². The fourth-order valence-electron chi connectivity index (χ4n) is 3.78. The third-order valence-corrected chi connectivity index (χ3v) is 6.41. The summed E-state index contributed by atoms with van der Waals surface area (Å²) in [5.41, 5.74) is 9.08. The molecular weight excluding hydrogens is 573 g/mol. The first kappa shape index (κ1) is 24.8. The quantitative estimate of drug-likeness (QED) is 0.188. The Labute approximate surface area is 223 Å². The fourth-order valence-corrected chi connectivity index (χ4v) is 4.39. The van der Waals surface area contributed by atoms with E-state index in [1.165, 1.54) is 0 Å². The van der Waals surface area contributed by atoms with E-state index in [1.807, 2.05) is 78.9 Å². The molecule has 1 atom stereocenters. The van der Waals surface area contributed by atoms with Crippen molar-refractivity contribution in [2.75, 3.05) is 11.1 Å². The standard InChI is InChI=1S/C28H23ClIN3O2/c29-21-13-11-19(12-14-21)18-33(28(35)24-17-22(30)15-16-25(24)31)26(20-7-3-1-4-8-20)27(34)32-23-9-5-2-6-10-23/h1-17,26H,18,31H2,(H,32,34). The fraction of sp³-hybridized carbons (Fsp3) is 0.0714. The molecule has 0 aliphatic carbocycles. The Morgan fingerprint density at radius 2 is 1.51 bits per heavy atom. The molecule has 4 aromatic rings. The molecule has 0 heterocycles. The number of carbonyl (C=O) groups is 2. The molecule has 0 radical (unpaired) electrons. The number of benzene rings is 4. The van der Waals surface area contributed by atoms with Crippen molar-refractivity contribution in [3.63, 3.8) is 0 Å². The summed E-state index contributed by atoms with van der Waals surface area (Å²) >= 11 is 8.23. The zero-order valence-electron chi connectivity index (χ0n) is 18.7. The number of nitrogens with zero attached hydrogens (tertiary/aromatic N) is 1. The number of hydrogen-bond donors (Lipinski definition) is 2. The van der Waals surface area contributed by atoms with Crippen LogP contribution in [0.3, 0.4) is 0 Å². The molecule has 4 rings (SSSR count). The van der Waals surface area contributed by atoms with Crippen LogP contribution in [0.25, 0.3) is 0 Å². The molecule has 176 valence electrons. The number of nitrogens with two attached hydrogens (primary N) is 1. The van der Waals surface area contributed by atoms with Crippen LogP contribution in [0.15, 0.2) is 103 Å². The van der Waals surface area contributed by atoms with Gasteiger partial charge in [0.25, 0.3) is 11.8 Å². The van der Waals surface area contributed by atoms with Crippen LogP contribution in [0.2, 0.25) is 5.02 Å². The average Bonchev–Trinajstić information content (AvgIpc) is 2.87. The molecule has 0 aromatic heterocycles. The van der Waals surface area contributed by atoms with E-state index < -0.39 is 6.04 Å². The van der Waals surface area contributed by atoms with Crippen LogP contribution in [0.1, 0.15) is 27.5 Å². The lowest BCUT2D eigenvalue weighted by atomic mass is 10.0. The first-order valence-electron chi connectivity index (χ1n) is 10.9. The maximum Gasteiger partial charge on any atom is 0.257 e. The van der Waals surface area contributed by atoms with E-state index in [-0.39, 0.29) is 18.4 Å². The maximum absolute atomic E-state index is 14.0. The molecule has 0 spiro atoms. The minimum atomic E-state index is -0.906. The summed E-state index contributed by atoms with van der Waals surface area (Å²) in [7, 11) is 0. The number of halogens is 2. The minimum absolute atomic E-state index is 0.183. The molecule has 0 saturated carbocycles. The Hall–Kier alpha value is -3.36. The van der Waals surface area contributed by atoms with Crippen molar-refractivity contribution in [1.82, 2.24) is 4.90 Å². The largest absolute Gasteiger partial charge is 0.398 e.